The van der Waals surface area contributed by atoms with Gasteiger partial charge in [0.25, 0.3) is 5.91 Å². The monoisotopic (exact) mass is 491 g/mol. The summed E-state index contributed by atoms with van der Waals surface area (Å²) in [5.74, 6) is -1.25. The van der Waals surface area contributed by atoms with E-state index in [1.54, 1.807) is 55.5 Å². The van der Waals surface area contributed by atoms with E-state index >= 15 is 0 Å². The number of methoxy groups -OCH3 is 1. The molecular formula is C20H18BrN3O5S. The van der Waals surface area contributed by atoms with E-state index in [9.17, 15) is 14.4 Å². The number of aryl methyl sites for hydroxylation is 1. The van der Waals surface area contributed by atoms with Crippen molar-refractivity contribution in [2.45, 2.75) is 6.92 Å². The Morgan fingerprint density at radius 3 is 2.33 bits per heavy atom. The molecule has 4 N–H and O–H groups in total. The second kappa shape index (κ2) is 10.5. The molecular weight excluding hydrogens is 474 g/mol. The van der Waals surface area contributed by atoms with Crippen molar-refractivity contribution in [2.24, 2.45) is 5.73 Å². The molecule has 0 saturated heterocycles. The molecule has 30 heavy (non-hydrogen) atoms. The number of halogens is 1. The largest absolute Gasteiger partial charge is 0.497 e. The van der Waals surface area contributed by atoms with Crippen LogP contribution >= 0.6 is 27.3 Å². The van der Waals surface area contributed by atoms with Gasteiger partial charge in [0, 0.05) is 15.6 Å². The first-order chi connectivity index (χ1) is 14.2. The summed E-state index contributed by atoms with van der Waals surface area (Å²) in [5.41, 5.74) is 6.33. The van der Waals surface area contributed by atoms with Crippen LogP contribution in [0.25, 0.3) is 0 Å². The van der Waals surface area contributed by atoms with E-state index < -0.39 is 11.9 Å². The predicted octanol–water partition coefficient (Wildman–Crippen LogP) is 3.96. The zero-order valence-electron chi connectivity index (χ0n) is 16.0. The summed E-state index contributed by atoms with van der Waals surface area (Å²) in [6, 6.07) is 13.6. The van der Waals surface area contributed by atoms with E-state index in [0.717, 1.165) is 15.8 Å². The Morgan fingerprint density at radius 2 is 1.80 bits per heavy atom. The number of benzene rings is 2. The van der Waals surface area contributed by atoms with Gasteiger partial charge in [-0.25, -0.2) is 9.78 Å². The second-order valence-electron chi connectivity index (χ2n) is 5.80. The van der Waals surface area contributed by atoms with Gasteiger partial charge in [0.15, 0.2) is 5.13 Å². The molecule has 3 aromatic rings. The lowest BCUT2D eigenvalue weighted by molar-refractivity contribution is 0.0700. The van der Waals surface area contributed by atoms with Crippen molar-refractivity contribution in [3.63, 3.8) is 0 Å². The van der Waals surface area contributed by atoms with Gasteiger partial charge >= 0.3 is 5.97 Å². The zero-order chi connectivity index (χ0) is 22.3. The quantitative estimate of drug-likeness (QED) is 0.494. The summed E-state index contributed by atoms with van der Waals surface area (Å²) in [5, 5.41) is 11.8. The van der Waals surface area contributed by atoms with Crippen LogP contribution in [-0.2, 0) is 0 Å². The summed E-state index contributed by atoms with van der Waals surface area (Å²) >= 11 is 4.17. The number of nitrogens with one attached hydrogen (secondary N) is 1. The van der Waals surface area contributed by atoms with E-state index in [-0.39, 0.29) is 15.9 Å². The van der Waals surface area contributed by atoms with Crippen LogP contribution in [-0.4, -0.2) is 35.0 Å². The number of nitrogens with zero attached hydrogens (tertiary/aromatic N) is 1. The minimum absolute atomic E-state index is 0.117. The molecule has 0 aliphatic carbocycles. The molecule has 156 valence electrons. The molecule has 3 rings (SSSR count). The number of hydrogen-bond donors (Lipinski definition) is 3. The summed E-state index contributed by atoms with van der Waals surface area (Å²) in [7, 11) is 1.51. The Bertz CT molecular complexity index is 1070. The van der Waals surface area contributed by atoms with E-state index in [4.69, 9.17) is 15.6 Å². The SMILES string of the molecule is COc1cccc(C(=O)Nc2nc(C)c(C(=O)O)s2)c1.NC(=O)c1ccc(Br)cc1. The van der Waals surface area contributed by atoms with Crippen LogP contribution in [0.4, 0.5) is 5.13 Å². The number of thiazole rings is 1. The summed E-state index contributed by atoms with van der Waals surface area (Å²) in [4.78, 5) is 37.6. The number of amides is 2. The number of carboxylic acids is 1. The number of primary amides is 1. The normalized spacial score (nSPS) is 9.83. The van der Waals surface area contributed by atoms with Crippen LogP contribution in [0.2, 0.25) is 0 Å². The number of carboxylic acid groups (broad SMARTS) is 1. The fraction of sp³-hybridized carbons (Fsp3) is 0.100. The molecule has 0 aliphatic rings. The van der Waals surface area contributed by atoms with Crippen molar-refractivity contribution in [1.82, 2.24) is 4.98 Å². The van der Waals surface area contributed by atoms with Gasteiger partial charge in [-0.05, 0) is 49.4 Å². The van der Waals surface area contributed by atoms with Gasteiger partial charge in [-0.1, -0.05) is 33.3 Å². The highest BCUT2D eigenvalue weighted by atomic mass is 79.9. The van der Waals surface area contributed by atoms with Gasteiger partial charge in [0.05, 0.1) is 12.8 Å². The first kappa shape index (κ1) is 23.0. The smallest absolute Gasteiger partial charge is 0.347 e. The van der Waals surface area contributed by atoms with Crippen molar-refractivity contribution in [3.05, 3.63) is 74.7 Å². The van der Waals surface area contributed by atoms with Crippen molar-refractivity contribution >= 4 is 50.2 Å². The fourth-order valence-corrected chi connectivity index (χ4v) is 3.26. The fourth-order valence-electron chi connectivity index (χ4n) is 2.20. The molecule has 10 heteroatoms. The van der Waals surface area contributed by atoms with Gasteiger partial charge in [0.2, 0.25) is 5.91 Å². The average molecular weight is 492 g/mol. The van der Waals surface area contributed by atoms with Gasteiger partial charge in [-0.15, -0.1) is 0 Å². The zero-order valence-corrected chi connectivity index (χ0v) is 18.4. The van der Waals surface area contributed by atoms with E-state index in [0.29, 0.717) is 22.6 Å². The first-order valence-corrected chi connectivity index (χ1v) is 10.0. The van der Waals surface area contributed by atoms with Crippen molar-refractivity contribution in [2.75, 3.05) is 12.4 Å². The molecule has 0 saturated carbocycles. The maximum Gasteiger partial charge on any atom is 0.347 e. The van der Waals surface area contributed by atoms with Crippen LogP contribution in [0.1, 0.15) is 36.1 Å². The Labute approximate surface area is 184 Å². The highest BCUT2D eigenvalue weighted by Crippen LogP contribution is 2.23. The number of ether oxygens (including phenoxy) is 1. The average Bonchev–Trinajstić information content (AvgIpc) is 3.09. The highest BCUT2D eigenvalue weighted by Gasteiger charge is 2.16. The topological polar surface area (TPSA) is 132 Å². The molecule has 0 bridgehead atoms. The molecule has 0 unspecified atom stereocenters. The number of carbonyl (C=O) groups excluding carboxylic acids is 2. The van der Waals surface area contributed by atoms with E-state index in [1.807, 2.05) is 0 Å². The van der Waals surface area contributed by atoms with Crippen LogP contribution < -0.4 is 15.8 Å². The second-order valence-corrected chi connectivity index (χ2v) is 7.71. The Hall–Kier alpha value is -3.24. The van der Waals surface area contributed by atoms with Crippen LogP contribution in [0.3, 0.4) is 0 Å². The number of anilines is 1. The minimum Gasteiger partial charge on any atom is -0.497 e. The Balaban J connectivity index is 0.000000269. The summed E-state index contributed by atoms with van der Waals surface area (Å²) in [6.45, 7) is 1.58. The lowest BCUT2D eigenvalue weighted by Crippen LogP contribution is -2.11. The van der Waals surface area contributed by atoms with Crippen LogP contribution in [0.15, 0.2) is 53.0 Å². The number of rotatable bonds is 5. The predicted molar refractivity (Wildman–Crippen MR) is 117 cm³/mol. The number of hydrogen-bond acceptors (Lipinski definition) is 6. The molecule has 0 aliphatic heterocycles. The first-order valence-electron chi connectivity index (χ1n) is 8.42. The molecule has 1 aromatic heterocycles. The molecule has 2 aromatic carbocycles. The summed E-state index contributed by atoms with van der Waals surface area (Å²) < 4.78 is 5.98. The molecule has 2 amide bonds. The molecule has 0 radical (unpaired) electrons. The van der Waals surface area contributed by atoms with Crippen LogP contribution in [0.5, 0.6) is 5.75 Å². The van der Waals surface area contributed by atoms with Crippen molar-refractivity contribution in [1.29, 1.82) is 0 Å². The highest BCUT2D eigenvalue weighted by molar-refractivity contribution is 9.10. The standard InChI is InChI=1S/C13H12N2O4S.C7H6BrNO/c1-7-10(12(17)18)20-13(14-7)15-11(16)8-4-3-5-9(6-8)19-2;8-6-3-1-5(2-4-6)7(9)10/h3-6H,1-2H3,(H,17,18)(H,14,15,16);1-4H,(H2,9,10). The van der Waals surface area contributed by atoms with E-state index in [1.165, 1.54) is 7.11 Å². The maximum atomic E-state index is 12.0. The number of aromatic carboxylic acids is 1. The third-order valence-electron chi connectivity index (χ3n) is 3.67. The summed E-state index contributed by atoms with van der Waals surface area (Å²) in [6.07, 6.45) is 0. The molecule has 8 nitrogen and oxygen atoms in total. The molecule has 0 spiro atoms. The van der Waals surface area contributed by atoms with E-state index in [2.05, 4.69) is 26.2 Å². The maximum absolute atomic E-state index is 12.0. The third-order valence-corrected chi connectivity index (χ3v) is 5.26. The lowest BCUT2D eigenvalue weighted by atomic mass is 10.2. The van der Waals surface area contributed by atoms with Gasteiger partial charge < -0.3 is 15.6 Å². The molecule has 0 atom stereocenters. The molecule has 1 heterocycles. The van der Waals surface area contributed by atoms with Gasteiger partial charge in [-0.2, -0.15) is 0 Å². The van der Waals surface area contributed by atoms with Crippen molar-refractivity contribution in [3.8, 4) is 5.75 Å². The number of aromatic nitrogens is 1. The van der Waals surface area contributed by atoms with Crippen LogP contribution in [0, 0.1) is 6.92 Å². The molecule has 0 fully saturated rings. The van der Waals surface area contributed by atoms with Gasteiger partial charge in [-0.3, -0.25) is 14.9 Å². The minimum atomic E-state index is -1.05. The number of nitrogens with two attached hydrogens (primary N) is 1. The third kappa shape index (κ3) is 6.39. The lowest BCUT2D eigenvalue weighted by Gasteiger charge is -2.04. The number of carbonyl (C=O) groups is 3. The van der Waals surface area contributed by atoms with Gasteiger partial charge in [0.1, 0.15) is 10.6 Å². The van der Waals surface area contributed by atoms with Crippen molar-refractivity contribution < 1.29 is 24.2 Å². The Kier molecular flexibility index (Phi) is 8.07. The Morgan fingerprint density at radius 1 is 1.13 bits per heavy atom.